The number of ether oxygens (including phenoxy) is 1. The van der Waals surface area contributed by atoms with Gasteiger partial charge in [0.15, 0.2) is 11.6 Å². The molecule has 0 fully saturated rings. The fourth-order valence-corrected chi connectivity index (χ4v) is 1.46. The van der Waals surface area contributed by atoms with Crippen molar-refractivity contribution in [2.45, 2.75) is 12.5 Å². The number of aliphatic hydroxyl groups is 1. The lowest BCUT2D eigenvalue weighted by atomic mass is 10.2. The number of carboxylic acids is 1. The average molecular weight is 286 g/mol. The summed E-state index contributed by atoms with van der Waals surface area (Å²) in [5, 5.41) is 21.9. The lowest BCUT2D eigenvalue weighted by Gasteiger charge is -2.14. The van der Waals surface area contributed by atoms with Crippen LogP contribution in [0.25, 0.3) is 0 Å². The Morgan fingerprint density at radius 1 is 1.45 bits per heavy atom. The maximum Gasteiger partial charge on any atom is 0.326 e. The topological polar surface area (TPSA) is 108 Å². The molecule has 4 N–H and O–H groups in total. The largest absolute Gasteiger partial charge is 0.494 e. The number of hydrogen-bond acceptors (Lipinski definition) is 4. The van der Waals surface area contributed by atoms with E-state index in [4.69, 9.17) is 14.9 Å². The number of benzene rings is 1. The Hall–Kier alpha value is -2.35. The molecule has 0 radical (unpaired) electrons. The number of carbonyl (C=O) groups excluding carboxylic acids is 1. The Labute approximate surface area is 114 Å². The second kappa shape index (κ2) is 7.29. The van der Waals surface area contributed by atoms with Gasteiger partial charge in [-0.25, -0.2) is 14.0 Å². The summed E-state index contributed by atoms with van der Waals surface area (Å²) in [5.74, 6) is -1.90. The average Bonchev–Trinajstić information content (AvgIpc) is 2.38. The number of carboxylic acid groups (broad SMARTS) is 1. The van der Waals surface area contributed by atoms with Gasteiger partial charge in [0.25, 0.3) is 0 Å². The first kappa shape index (κ1) is 15.7. The van der Waals surface area contributed by atoms with Gasteiger partial charge in [-0.05, 0) is 12.1 Å². The smallest absolute Gasteiger partial charge is 0.326 e. The summed E-state index contributed by atoms with van der Waals surface area (Å²) in [6, 6.07) is 1.75. The maximum absolute atomic E-state index is 13.4. The van der Waals surface area contributed by atoms with Crippen molar-refractivity contribution in [3.63, 3.8) is 0 Å². The summed E-state index contributed by atoms with van der Waals surface area (Å²) in [5.41, 5.74) is 0.147. The predicted molar refractivity (Wildman–Crippen MR) is 68.2 cm³/mol. The lowest BCUT2D eigenvalue weighted by Crippen LogP contribution is -2.43. The Morgan fingerprint density at radius 3 is 2.65 bits per heavy atom. The molecule has 0 aliphatic heterocycles. The second-order valence-electron chi connectivity index (χ2n) is 3.85. The van der Waals surface area contributed by atoms with E-state index in [1.54, 1.807) is 0 Å². The van der Waals surface area contributed by atoms with Crippen molar-refractivity contribution in [2.24, 2.45) is 0 Å². The van der Waals surface area contributed by atoms with Crippen LogP contribution in [0, 0.1) is 5.82 Å². The Kier molecular flexibility index (Phi) is 5.73. The zero-order chi connectivity index (χ0) is 15.1. The number of carbonyl (C=O) groups is 2. The number of aliphatic carboxylic acids is 1. The molecule has 0 spiro atoms. The standard InChI is InChI=1S/C12H15FN2O5/c1-20-10-3-2-7(6-8(10)13)14-12(19)15-9(4-5-16)11(17)18/h2-3,6,9,16H,4-5H2,1H3,(H,17,18)(H2,14,15,19)/t9-/m0/s1. The van der Waals surface area contributed by atoms with Gasteiger partial charge in [-0.15, -0.1) is 0 Å². The highest BCUT2D eigenvalue weighted by Crippen LogP contribution is 2.20. The highest BCUT2D eigenvalue weighted by Gasteiger charge is 2.19. The van der Waals surface area contributed by atoms with Gasteiger partial charge in [0.1, 0.15) is 6.04 Å². The Balaban J connectivity index is 2.66. The first-order chi connectivity index (χ1) is 9.47. The molecule has 1 atom stereocenters. The van der Waals surface area contributed by atoms with Crippen molar-refractivity contribution in [2.75, 3.05) is 19.0 Å². The van der Waals surface area contributed by atoms with E-state index in [9.17, 15) is 14.0 Å². The monoisotopic (exact) mass is 286 g/mol. The molecule has 0 saturated carbocycles. The number of nitrogens with one attached hydrogen (secondary N) is 2. The van der Waals surface area contributed by atoms with Gasteiger partial charge in [0, 0.05) is 24.8 Å². The van der Waals surface area contributed by atoms with Crippen LogP contribution in [0.1, 0.15) is 6.42 Å². The maximum atomic E-state index is 13.4. The van der Waals surface area contributed by atoms with Gasteiger partial charge in [-0.1, -0.05) is 0 Å². The molecular weight excluding hydrogens is 271 g/mol. The van der Waals surface area contributed by atoms with Crippen LogP contribution in [0.3, 0.4) is 0 Å². The van der Waals surface area contributed by atoms with Crippen LogP contribution in [0.4, 0.5) is 14.9 Å². The highest BCUT2D eigenvalue weighted by atomic mass is 19.1. The Bertz CT molecular complexity index is 495. The molecule has 7 nitrogen and oxygen atoms in total. The summed E-state index contributed by atoms with van der Waals surface area (Å²) >= 11 is 0. The summed E-state index contributed by atoms with van der Waals surface area (Å²) in [6.07, 6.45) is -0.125. The zero-order valence-corrected chi connectivity index (χ0v) is 10.7. The second-order valence-corrected chi connectivity index (χ2v) is 3.85. The fraction of sp³-hybridized carbons (Fsp3) is 0.333. The number of rotatable bonds is 6. The molecule has 2 amide bonds. The minimum atomic E-state index is -1.27. The minimum Gasteiger partial charge on any atom is -0.494 e. The third kappa shape index (κ3) is 4.39. The van der Waals surface area contributed by atoms with Crippen molar-refractivity contribution in [3.05, 3.63) is 24.0 Å². The molecule has 8 heteroatoms. The summed E-state index contributed by atoms with van der Waals surface area (Å²) < 4.78 is 18.1. The van der Waals surface area contributed by atoms with Crippen LogP contribution in [0.15, 0.2) is 18.2 Å². The number of urea groups is 1. The number of hydrogen-bond donors (Lipinski definition) is 4. The SMILES string of the molecule is COc1ccc(NC(=O)N[C@@H](CCO)C(=O)O)cc1F. The fourth-order valence-electron chi connectivity index (χ4n) is 1.46. The first-order valence-corrected chi connectivity index (χ1v) is 5.72. The van der Waals surface area contributed by atoms with Crippen LogP contribution < -0.4 is 15.4 Å². The van der Waals surface area contributed by atoms with E-state index in [0.29, 0.717) is 0 Å². The molecule has 0 bridgehead atoms. The van der Waals surface area contributed by atoms with Crippen molar-refractivity contribution in [1.29, 1.82) is 0 Å². The molecular formula is C12H15FN2O5. The normalized spacial score (nSPS) is 11.6. The molecule has 0 unspecified atom stereocenters. The summed E-state index contributed by atoms with van der Waals surface area (Å²) in [4.78, 5) is 22.3. The number of amides is 2. The van der Waals surface area contributed by atoms with E-state index >= 15 is 0 Å². The molecule has 1 rings (SSSR count). The molecule has 110 valence electrons. The van der Waals surface area contributed by atoms with Crippen LogP contribution in [-0.2, 0) is 4.79 Å². The lowest BCUT2D eigenvalue weighted by molar-refractivity contribution is -0.139. The molecule has 0 aliphatic rings. The minimum absolute atomic E-state index is 0.0275. The number of methoxy groups -OCH3 is 1. The van der Waals surface area contributed by atoms with E-state index in [0.717, 1.165) is 6.07 Å². The van der Waals surface area contributed by atoms with E-state index in [1.165, 1.54) is 19.2 Å². The third-order valence-electron chi connectivity index (χ3n) is 2.43. The molecule has 20 heavy (non-hydrogen) atoms. The van der Waals surface area contributed by atoms with Gasteiger partial charge in [-0.2, -0.15) is 0 Å². The number of anilines is 1. The predicted octanol–water partition coefficient (Wildman–Crippen LogP) is 0.791. The number of halogens is 1. The quantitative estimate of drug-likeness (QED) is 0.618. The van der Waals surface area contributed by atoms with Crippen LogP contribution in [0.5, 0.6) is 5.75 Å². The highest BCUT2D eigenvalue weighted by molar-refractivity contribution is 5.92. The summed E-state index contributed by atoms with van der Waals surface area (Å²) in [7, 11) is 1.31. The van der Waals surface area contributed by atoms with Gasteiger partial charge in [0.2, 0.25) is 0 Å². The van der Waals surface area contributed by atoms with Crippen molar-refractivity contribution in [1.82, 2.24) is 5.32 Å². The van der Waals surface area contributed by atoms with E-state index in [1.807, 2.05) is 0 Å². The number of aliphatic hydroxyl groups excluding tert-OH is 1. The molecule has 1 aromatic rings. The van der Waals surface area contributed by atoms with Gasteiger partial charge in [0.05, 0.1) is 7.11 Å². The molecule has 0 saturated heterocycles. The summed E-state index contributed by atoms with van der Waals surface area (Å²) in [6.45, 7) is -0.381. The van der Waals surface area contributed by atoms with Gasteiger partial charge in [-0.3, -0.25) is 0 Å². The van der Waals surface area contributed by atoms with Crippen LogP contribution in [-0.4, -0.2) is 42.0 Å². The van der Waals surface area contributed by atoms with E-state index in [-0.39, 0.29) is 24.5 Å². The zero-order valence-electron chi connectivity index (χ0n) is 10.7. The molecule has 1 aromatic carbocycles. The molecule has 0 heterocycles. The van der Waals surface area contributed by atoms with Crippen molar-refractivity contribution in [3.8, 4) is 5.75 Å². The third-order valence-corrected chi connectivity index (χ3v) is 2.43. The molecule has 0 aliphatic carbocycles. The van der Waals surface area contributed by atoms with Crippen LogP contribution >= 0.6 is 0 Å². The Morgan fingerprint density at radius 2 is 2.15 bits per heavy atom. The van der Waals surface area contributed by atoms with Crippen molar-refractivity contribution < 1.29 is 28.9 Å². The molecule has 0 aromatic heterocycles. The van der Waals surface area contributed by atoms with Gasteiger partial charge >= 0.3 is 12.0 Å². The first-order valence-electron chi connectivity index (χ1n) is 5.72. The van der Waals surface area contributed by atoms with E-state index < -0.39 is 23.9 Å². The van der Waals surface area contributed by atoms with Crippen molar-refractivity contribution >= 4 is 17.7 Å². The van der Waals surface area contributed by atoms with E-state index in [2.05, 4.69) is 10.6 Å². The van der Waals surface area contributed by atoms with Crippen LogP contribution in [0.2, 0.25) is 0 Å². The van der Waals surface area contributed by atoms with Gasteiger partial charge < -0.3 is 25.6 Å².